The maximum Gasteiger partial charge on any atom is 0.160 e. The van der Waals surface area contributed by atoms with E-state index in [0.29, 0.717) is 0 Å². The highest BCUT2D eigenvalue weighted by Crippen LogP contribution is 2.32. The first-order valence-electron chi connectivity index (χ1n) is 12.8. The van der Waals surface area contributed by atoms with Gasteiger partial charge in [-0.05, 0) is 62.4 Å². The Hall–Kier alpha value is -4.44. The van der Waals surface area contributed by atoms with E-state index in [0.717, 1.165) is 58.2 Å². The van der Waals surface area contributed by atoms with Gasteiger partial charge >= 0.3 is 0 Å². The van der Waals surface area contributed by atoms with Crippen molar-refractivity contribution in [3.63, 3.8) is 0 Å². The molecule has 6 rings (SSSR count). The van der Waals surface area contributed by atoms with Crippen LogP contribution in [0.4, 0.5) is 5.82 Å². The summed E-state index contributed by atoms with van der Waals surface area (Å²) < 4.78 is 2.21. The zero-order chi connectivity index (χ0) is 25.6. The Kier molecular flexibility index (Phi) is 7.27. The minimum atomic E-state index is 0.727. The summed E-state index contributed by atoms with van der Waals surface area (Å²) in [5, 5.41) is 0. The quantitative estimate of drug-likeness (QED) is 0.264. The van der Waals surface area contributed by atoms with Crippen molar-refractivity contribution in [2.75, 3.05) is 5.73 Å². The van der Waals surface area contributed by atoms with E-state index in [9.17, 15) is 0 Å². The fraction of sp³-hybridized carbons (Fsp3) is 0.152. The number of aryl methyl sites for hydroxylation is 1. The van der Waals surface area contributed by atoms with E-state index >= 15 is 0 Å². The van der Waals surface area contributed by atoms with Gasteiger partial charge < -0.3 is 10.3 Å². The van der Waals surface area contributed by atoms with Crippen LogP contribution in [0.5, 0.6) is 0 Å². The molecule has 5 aromatic rings. The van der Waals surface area contributed by atoms with Crippen molar-refractivity contribution >= 4 is 5.82 Å². The average molecular weight is 485 g/mol. The molecule has 0 amide bonds. The predicted molar refractivity (Wildman–Crippen MR) is 155 cm³/mol. The Labute approximate surface area is 219 Å². The maximum absolute atomic E-state index is 6.41. The predicted octanol–water partition coefficient (Wildman–Crippen LogP) is 7.92. The third-order valence-electron chi connectivity index (χ3n) is 6.58. The van der Waals surface area contributed by atoms with Gasteiger partial charge in [0.25, 0.3) is 0 Å². The molecule has 4 heteroatoms. The molecule has 2 heterocycles. The minimum Gasteiger partial charge on any atom is -0.385 e. The highest BCUT2D eigenvalue weighted by atomic mass is 15.1. The molecule has 0 saturated carbocycles. The van der Waals surface area contributed by atoms with Gasteiger partial charge in [-0.1, -0.05) is 78.9 Å². The number of nitrogens with two attached hydrogens (primary N) is 1. The molecule has 4 nitrogen and oxygen atoms in total. The minimum absolute atomic E-state index is 0.727. The number of nitrogen functional groups attached to an aromatic ring is 1. The van der Waals surface area contributed by atoms with Crippen molar-refractivity contribution < 1.29 is 0 Å². The molecular weight excluding hydrogens is 452 g/mol. The number of aromatic nitrogens is 3. The van der Waals surface area contributed by atoms with Gasteiger partial charge in [0.05, 0.1) is 11.4 Å². The van der Waals surface area contributed by atoms with Crippen LogP contribution in [0.25, 0.3) is 39.6 Å². The molecule has 0 spiro atoms. The summed E-state index contributed by atoms with van der Waals surface area (Å²) in [5.41, 5.74) is 15.2. The van der Waals surface area contributed by atoms with Crippen LogP contribution < -0.4 is 5.73 Å². The van der Waals surface area contributed by atoms with E-state index in [1.807, 2.05) is 43.3 Å². The van der Waals surface area contributed by atoms with Crippen molar-refractivity contribution in [2.45, 2.75) is 32.6 Å². The Balaban J connectivity index is 0.000000892. The van der Waals surface area contributed by atoms with Crippen LogP contribution in [0.1, 0.15) is 31.0 Å². The first kappa shape index (κ1) is 24.3. The number of anilines is 1. The smallest absolute Gasteiger partial charge is 0.160 e. The van der Waals surface area contributed by atoms with Crippen molar-refractivity contribution in [3.05, 3.63) is 121 Å². The molecule has 0 fully saturated rings. The summed E-state index contributed by atoms with van der Waals surface area (Å²) in [5.74, 6) is 1.55. The van der Waals surface area contributed by atoms with E-state index in [4.69, 9.17) is 15.7 Å². The topological polar surface area (TPSA) is 56.7 Å². The fourth-order valence-electron chi connectivity index (χ4n) is 4.88. The highest BCUT2D eigenvalue weighted by molar-refractivity contribution is 5.72. The third kappa shape index (κ3) is 5.24. The summed E-state index contributed by atoms with van der Waals surface area (Å²) in [6.45, 7) is 5.25. The van der Waals surface area contributed by atoms with Gasteiger partial charge in [-0.15, -0.1) is 6.58 Å². The molecule has 2 aromatic heterocycles. The summed E-state index contributed by atoms with van der Waals surface area (Å²) in [6, 6.07) is 33.2. The van der Waals surface area contributed by atoms with E-state index < -0.39 is 0 Å². The lowest BCUT2D eigenvalue weighted by molar-refractivity contribution is 0.664. The molecule has 184 valence electrons. The van der Waals surface area contributed by atoms with Crippen LogP contribution in [0.3, 0.4) is 0 Å². The number of benzene rings is 3. The Morgan fingerprint density at radius 2 is 1.27 bits per heavy atom. The number of allylic oxidation sites excluding steroid dienone is 1. The lowest BCUT2D eigenvalue weighted by atomic mass is 9.98. The first-order chi connectivity index (χ1) is 18.2. The normalized spacial score (nSPS) is 12.2. The molecule has 37 heavy (non-hydrogen) atoms. The zero-order valence-corrected chi connectivity index (χ0v) is 21.3. The molecule has 0 aliphatic heterocycles. The second kappa shape index (κ2) is 11.1. The monoisotopic (exact) mass is 484 g/mol. The highest BCUT2D eigenvalue weighted by Gasteiger charge is 2.18. The van der Waals surface area contributed by atoms with Crippen LogP contribution in [0.15, 0.2) is 110 Å². The SMILES string of the molecule is C=CC.Nc1cc2c(n1-c1ccc(-c3cc(-c4ccccc4)nc(-c4ccccc4)n3)cc1)CCCC2. The molecule has 0 unspecified atom stereocenters. The number of rotatable bonds is 4. The summed E-state index contributed by atoms with van der Waals surface area (Å²) in [4.78, 5) is 9.82. The van der Waals surface area contributed by atoms with E-state index in [-0.39, 0.29) is 0 Å². The molecule has 2 N–H and O–H groups in total. The number of nitrogens with zero attached hydrogens (tertiary/aromatic N) is 3. The number of hydrogen-bond donors (Lipinski definition) is 1. The van der Waals surface area contributed by atoms with Gasteiger partial charge in [0.2, 0.25) is 0 Å². The summed E-state index contributed by atoms with van der Waals surface area (Å²) in [6.07, 6.45) is 6.42. The molecule has 0 atom stereocenters. The fourth-order valence-corrected chi connectivity index (χ4v) is 4.88. The Bertz CT molecular complexity index is 1430. The average Bonchev–Trinajstić information content (AvgIpc) is 3.30. The first-order valence-corrected chi connectivity index (χ1v) is 12.8. The number of fused-ring (bicyclic) bond motifs is 1. The molecule has 0 radical (unpaired) electrons. The zero-order valence-electron chi connectivity index (χ0n) is 21.3. The molecule has 0 saturated heterocycles. The van der Waals surface area contributed by atoms with Crippen LogP contribution in [0.2, 0.25) is 0 Å². The largest absolute Gasteiger partial charge is 0.385 e. The van der Waals surface area contributed by atoms with Gasteiger partial charge in [-0.3, -0.25) is 0 Å². The van der Waals surface area contributed by atoms with Crippen LogP contribution in [-0.2, 0) is 12.8 Å². The van der Waals surface area contributed by atoms with Gasteiger partial charge in [0, 0.05) is 28.1 Å². The molecule has 1 aliphatic rings. The van der Waals surface area contributed by atoms with Gasteiger partial charge in [-0.25, -0.2) is 9.97 Å². The third-order valence-corrected chi connectivity index (χ3v) is 6.58. The second-order valence-corrected chi connectivity index (χ2v) is 9.23. The number of hydrogen-bond acceptors (Lipinski definition) is 3. The lowest BCUT2D eigenvalue weighted by Gasteiger charge is -2.16. The van der Waals surface area contributed by atoms with Gasteiger partial charge in [-0.2, -0.15) is 0 Å². The Morgan fingerprint density at radius 3 is 1.89 bits per heavy atom. The van der Waals surface area contributed by atoms with Crippen LogP contribution >= 0.6 is 0 Å². The van der Waals surface area contributed by atoms with Crippen molar-refractivity contribution in [1.29, 1.82) is 0 Å². The van der Waals surface area contributed by atoms with Gasteiger partial charge in [0.15, 0.2) is 5.82 Å². The molecule has 0 bridgehead atoms. The van der Waals surface area contributed by atoms with Crippen molar-refractivity contribution in [1.82, 2.24) is 14.5 Å². The molecular formula is C33H32N4. The van der Waals surface area contributed by atoms with E-state index in [1.54, 1.807) is 6.08 Å². The lowest BCUT2D eigenvalue weighted by Crippen LogP contribution is -2.08. The van der Waals surface area contributed by atoms with E-state index in [2.05, 4.69) is 71.8 Å². The Morgan fingerprint density at radius 1 is 0.730 bits per heavy atom. The van der Waals surface area contributed by atoms with Crippen molar-refractivity contribution in [3.8, 4) is 39.6 Å². The van der Waals surface area contributed by atoms with Crippen LogP contribution in [0, 0.1) is 0 Å². The molecule has 1 aliphatic carbocycles. The van der Waals surface area contributed by atoms with Gasteiger partial charge in [0.1, 0.15) is 5.82 Å². The van der Waals surface area contributed by atoms with E-state index in [1.165, 1.54) is 24.1 Å². The summed E-state index contributed by atoms with van der Waals surface area (Å²) >= 11 is 0. The molecule has 3 aromatic carbocycles. The maximum atomic E-state index is 6.41. The second-order valence-electron chi connectivity index (χ2n) is 9.23. The standard InChI is InChI=1S/C30H26N4.C3H6/c31-29-19-24-13-7-8-14-28(24)34(29)25-17-15-22(16-18-25)27-20-26(21-9-3-1-4-10-21)32-30(33-27)23-11-5-2-6-12-23;1-3-2/h1-6,9-12,15-20H,7-8,13-14,31H2;3H,1H2,2H3. The van der Waals surface area contributed by atoms with Crippen LogP contribution in [-0.4, -0.2) is 14.5 Å². The summed E-state index contributed by atoms with van der Waals surface area (Å²) in [7, 11) is 0. The van der Waals surface area contributed by atoms with Crippen molar-refractivity contribution in [2.24, 2.45) is 0 Å².